The Bertz CT molecular complexity index is 924. The molecule has 0 N–H and O–H groups in total. The van der Waals surface area contributed by atoms with Gasteiger partial charge in [-0.05, 0) is 42.0 Å². The molecule has 0 aliphatic carbocycles. The van der Waals surface area contributed by atoms with Gasteiger partial charge in [-0.15, -0.1) is 0 Å². The zero-order valence-corrected chi connectivity index (χ0v) is 17.8. The molecule has 3 rings (SSSR count). The number of rotatable bonds is 7. The maximum absolute atomic E-state index is 6.07. The molecule has 0 atom stereocenters. The monoisotopic (exact) mass is 438 g/mol. The highest BCUT2D eigenvalue weighted by Gasteiger charge is 2.11. The van der Waals surface area contributed by atoms with E-state index in [2.05, 4.69) is 9.97 Å². The van der Waals surface area contributed by atoms with Crippen molar-refractivity contribution < 1.29 is 9.47 Å². The van der Waals surface area contributed by atoms with Crippen molar-refractivity contribution in [2.24, 2.45) is 0 Å². The van der Waals surface area contributed by atoms with Crippen molar-refractivity contribution in [2.75, 3.05) is 14.2 Å². The summed E-state index contributed by atoms with van der Waals surface area (Å²) in [6.45, 7) is 0. The number of halogens is 2. The van der Waals surface area contributed by atoms with E-state index in [1.165, 1.54) is 23.5 Å². The summed E-state index contributed by atoms with van der Waals surface area (Å²) in [6, 6.07) is 13.4. The van der Waals surface area contributed by atoms with Crippen molar-refractivity contribution >= 4 is 46.7 Å². The number of thioether (sulfide) groups is 1. The molecular formula is C19H16Cl2N2O2S2. The zero-order valence-electron chi connectivity index (χ0n) is 14.6. The van der Waals surface area contributed by atoms with E-state index in [-0.39, 0.29) is 0 Å². The van der Waals surface area contributed by atoms with Crippen molar-refractivity contribution in [1.29, 1.82) is 0 Å². The van der Waals surface area contributed by atoms with E-state index in [1.54, 1.807) is 26.5 Å². The van der Waals surface area contributed by atoms with Gasteiger partial charge in [0, 0.05) is 10.6 Å². The predicted molar refractivity (Wildman–Crippen MR) is 112 cm³/mol. The third kappa shape index (κ3) is 5.45. The Hall–Kier alpha value is -1.60. The minimum atomic E-state index is 0.543. The minimum absolute atomic E-state index is 0.543. The van der Waals surface area contributed by atoms with Crippen molar-refractivity contribution in [3.63, 3.8) is 0 Å². The number of methoxy groups -OCH3 is 2. The molecule has 0 radical (unpaired) electrons. The zero-order chi connectivity index (χ0) is 19.2. The highest BCUT2D eigenvalue weighted by molar-refractivity contribution is 7.99. The van der Waals surface area contributed by atoms with Crippen LogP contribution in [0, 0.1) is 0 Å². The molecule has 0 amide bonds. The molecule has 0 bridgehead atoms. The van der Waals surface area contributed by atoms with Crippen LogP contribution < -0.4 is 9.47 Å². The second-order valence-electron chi connectivity index (χ2n) is 5.34. The van der Waals surface area contributed by atoms with Crippen LogP contribution in [0.25, 0.3) is 0 Å². The summed E-state index contributed by atoms with van der Waals surface area (Å²) in [5.41, 5.74) is 1.05. The molecular weight excluding hydrogens is 423 g/mol. The Kier molecular flexibility index (Phi) is 7.13. The van der Waals surface area contributed by atoms with Gasteiger partial charge in [0.05, 0.1) is 30.5 Å². The van der Waals surface area contributed by atoms with E-state index in [0.717, 1.165) is 21.2 Å². The Morgan fingerprint density at radius 2 is 1.74 bits per heavy atom. The Morgan fingerprint density at radius 1 is 0.963 bits per heavy atom. The highest BCUT2D eigenvalue weighted by atomic mass is 35.5. The van der Waals surface area contributed by atoms with Gasteiger partial charge in [-0.2, -0.15) is 0 Å². The molecule has 0 saturated carbocycles. The topological polar surface area (TPSA) is 44.2 Å². The van der Waals surface area contributed by atoms with Crippen LogP contribution in [0.15, 0.2) is 63.7 Å². The van der Waals surface area contributed by atoms with Crippen LogP contribution in [-0.4, -0.2) is 24.2 Å². The van der Waals surface area contributed by atoms with Crippen LogP contribution in [0.3, 0.4) is 0 Å². The maximum Gasteiger partial charge on any atom is 0.189 e. The summed E-state index contributed by atoms with van der Waals surface area (Å²) in [4.78, 5) is 10.0. The molecule has 140 valence electrons. The van der Waals surface area contributed by atoms with Crippen LogP contribution in [-0.2, 0) is 5.75 Å². The number of aromatic nitrogens is 2. The third-order valence-electron chi connectivity index (χ3n) is 3.55. The molecule has 4 nitrogen and oxygen atoms in total. The van der Waals surface area contributed by atoms with E-state index in [9.17, 15) is 0 Å². The van der Waals surface area contributed by atoms with Crippen molar-refractivity contribution in [2.45, 2.75) is 20.8 Å². The van der Waals surface area contributed by atoms with Gasteiger partial charge in [0.15, 0.2) is 10.9 Å². The Balaban J connectivity index is 1.74. The van der Waals surface area contributed by atoms with Crippen molar-refractivity contribution in [1.82, 2.24) is 9.97 Å². The van der Waals surface area contributed by atoms with E-state index in [4.69, 9.17) is 32.7 Å². The van der Waals surface area contributed by atoms with Crippen LogP contribution >= 0.6 is 46.7 Å². The number of ether oxygens (including phenoxy) is 2. The molecule has 0 fully saturated rings. The van der Waals surface area contributed by atoms with Crippen LogP contribution in [0.1, 0.15) is 5.56 Å². The van der Waals surface area contributed by atoms with E-state index in [0.29, 0.717) is 26.7 Å². The van der Waals surface area contributed by atoms with Gasteiger partial charge in [0.1, 0.15) is 10.8 Å². The molecule has 8 heteroatoms. The summed E-state index contributed by atoms with van der Waals surface area (Å²) in [7, 11) is 3.26. The molecule has 27 heavy (non-hydrogen) atoms. The van der Waals surface area contributed by atoms with Gasteiger partial charge >= 0.3 is 0 Å². The lowest BCUT2D eigenvalue weighted by atomic mass is 10.2. The highest BCUT2D eigenvalue weighted by Crippen LogP contribution is 2.35. The van der Waals surface area contributed by atoms with Gasteiger partial charge in [0.25, 0.3) is 0 Å². The quantitative estimate of drug-likeness (QED) is 0.247. The first-order valence-corrected chi connectivity index (χ1v) is 10.4. The Morgan fingerprint density at radius 3 is 2.41 bits per heavy atom. The summed E-state index contributed by atoms with van der Waals surface area (Å²) < 4.78 is 10.6. The van der Waals surface area contributed by atoms with E-state index in [1.807, 2.05) is 36.4 Å². The van der Waals surface area contributed by atoms with Gasteiger partial charge in [-0.3, -0.25) is 0 Å². The molecule has 0 saturated heterocycles. The van der Waals surface area contributed by atoms with Crippen molar-refractivity contribution in [3.05, 3.63) is 64.3 Å². The SMILES string of the molecule is COc1ccc(Sc2nc(SCc3ccc(Cl)c(Cl)c3)ncc2OC)cc1. The molecule has 1 heterocycles. The predicted octanol–water partition coefficient (Wildman–Crippen LogP) is 6.24. The first-order chi connectivity index (χ1) is 13.1. The molecule has 0 spiro atoms. The van der Waals surface area contributed by atoms with E-state index < -0.39 is 0 Å². The normalized spacial score (nSPS) is 10.7. The van der Waals surface area contributed by atoms with E-state index >= 15 is 0 Å². The summed E-state index contributed by atoms with van der Waals surface area (Å²) >= 11 is 15.1. The first-order valence-electron chi connectivity index (χ1n) is 7.88. The lowest BCUT2D eigenvalue weighted by molar-refractivity contribution is 0.395. The Labute approximate surface area is 176 Å². The molecule has 0 unspecified atom stereocenters. The lowest BCUT2D eigenvalue weighted by Crippen LogP contribution is -1.95. The molecule has 3 aromatic rings. The second-order valence-corrected chi connectivity index (χ2v) is 8.16. The molecule has 1 aromatic heterocycles. The minimum Gasteiger partial charge on any atom is -0.497 e. The number of hydrogen-bond donors (Lipinski definition) is 0. The molecule has 2 aromatic carbocycles. The van der Waals surface area contributed by atoms with Gasteiger partial charge in [-0.1, -0.05) is 52.8 Å². The fraction of sp³-hybridized carbons (Fsp3) is 0.158. The second kappa shape index (κ2) is 9.55. The average molecular weight is 439 g/mol. The van der Waals surface area contributed by atoms with Gasteiger partial charge in [0.2, 0.25) is 0 Å². The number of benzene rings is 2. The maximum atomic E-state index is 6.07. The lowest BCUT2D eigenvalue weighted by Gasteiger charge is -2.09. The molecule has 0 aliphatic heterocycles. The standard InChI is InChI=1S/C19H16Cl2N2O2S2/c1-24-13-4-6-14(7-5-13)27-18-17(25-2)10-22-19(23-18)26-11-12-3-8-15(20)16(21)9-12/h3-10H,11H2,1-2H3. The van der Waals surface area contributed by atoms with Crippen LogP contribution in [0.4, 0.5) is 0 Å². The molecule has 0 aliphatic rings. The summed E-state index contributed by atoms with van der Waals surface area (Å²) in [5.74, 6) is 2.14. The van der Waals surface area contributed by atoms with Crippen molar-refractivity contribution in [3.8, 4) is 11.5 Å². The summed E-state index contributed by atoms with van der Waals surface area (Å²) in [5, 5.41) is 2.51. The fourth-order valence-electron chi connectivity index (χ4n) is 2.16. The number of hydrogen-bond acceptors (Lipinski definition) is 6. The van der Waals surface area contributed by atoms with Gasteiger partial charge in [-0.25, -0.2) is 9.97 Å². The van der Waals surface area contributed by atoms with Gasteiger partial charge < -0.3 is 9.47 Å². The first kappa shape index (κ1) is 20.1. The van der Waals surface area contributed by atoms with Crippen LogP contribution in [0.5, 0.6) is 11.5 Å². The third-order valence-corrected chi connectivity index (χ3v) is 6.21. The van der Waals surface area contributed by atoms with Crippen LogP contribution in [0.2, 0.25) is 10.0 Å². The largest absolute Gasteiger partial charge is 0.497 e. The average Bonchev–Trinajstić information content (AvgIpc) is 2.69. The smallest absolute Gasteiger partial charge is 0.189 e. The fourth-order valence-corrected chi connectivity index (χ4v) is 4.16. The number of nitrogens with zero attached hydrogens (tertiary/aromatic N) is 2. The summed E-state index contributed by atoms with van der Waals surface area (Å²) in [6.07, 6.45) is 1.69.